The van der Waals surface area contributed by atoms with Crippen LogP contribution in [0.15, 0.2) is 58.2 Å². The molecule has 0 unspecified atom stereocenters. The van der Waals surface area contributed by atoms with Crippen LogP contribution in [0.5, 0.6) is 0 Å². The standard InChI is InChI=1S/C15H14N2O3/c1-15(19)10-12(11-6-3-2-4-7-11)16-17(15)14(18)13-8-5-9-20-13/h2-9,19H,10H2,1H3/t15-/m1/s1. The van der Waals surface area contributed by atoms with Crippen molar-refractivity contribution in [3.8, 4) is 0 Å². The number of amides is 1. The van der Waals surface area contributed by atoms with Gasteiger partial charge in [0, 0.05) is 6.42 Å². The molecule has 0 saturated carbocycles. The lowest BCUT2D eigenvalue weighted by Gasteiger charge is -2.25. The molecule has 0 bridgehead atoms. The van der Waals surface area contributed by atoms with Crippen molar-refractivity contribution in [1.29, 1.82) is 0 Å². The first kappa shape index (κ1) is 12.6. The van der Waals surface area contributed by atoms with E-state index in [1.54, 1.807) is 19.1 Å². The lowest BCUT2D eigenvalue weighted by atomic mass is 10.0. The molecule has 1 aliphatic rings. The third kappa shape index (κ3) is 2.12. The van der Waals surface area contributed by atoms with E-state index < -0.39 is 11.6 Å². The molecular formula is C15H14N2O3. The van der Waals surface area contributed by atoms with E-state index in [-0.39, 0.29) is 12.2 Å². The van der Waals surface area contributed by atoms with Gasteiger partial charge in [0.15, 0.2) is 11.5 Å². The van der Waals surface area contributed by atoms with E-state index >= 15 is 0 Å². The third-order valence-electron chi connectivity index (χ3n) is 3.21. The topological polar surface area (TPSA) is 66.0 Å². The van der Waals surface area contributed by atoms with Crippen molar-refractivity contribution in [1.82, 2.24) is 5.01 Å². The average molecular weight is 270 g/mol. The van der Waals surface area contributed by atoms with Gasteiger partial charge in [0.05, 0.1) is 12.0 Å². The van der Waals surface area contributed by atoms with Gasteiger partial charge in [-0.2, -0.15) is 10.1 Å². The van der Waals surface area contributed by atoms with E-state index in [9.17, 15) is 9.90 Å². The molecule has 20 heavy (non-hydrogen) atoms. The molecule has 1 amide bonds. The minimum Gasteiger partial charge on any atom is -0.459 e. The van der Waals surface area contributed by atoms with Crippen molar-refractivity contribution in [2.24, 2.45) is 5.10 Å². The molecule has 5 nitrogen and oxygen atoms in total. The Labute approximate surface area is 116 Å². The second kappa shape index (κ2) is 4.61. The first-order chi connectivity index (χ1) is 9.58. The van der Waals surface area contributed by atoms with E-state index in [4.69, 9.17) is 4.42 Å². The molecule has 1 atom stereocenters. The number of carbonyl (C=O) groups is 1. The highest BCUT2D eigenvalue weighted by atomic mass is 16.4. The maximum absolute atomic E-state index is 12.3. The number of carbonyl (C=O) groups excluding carboxylic acids is 1. The van der Waals surface area contributed by atoms with Gasteiger partial charge in [0.25, 0.3) is 0 Å². The minimum atomic E-state index is -1.35. The summed E-state index contributed by atoms with van der Waals surface area (Å²) in [5.41, 5.74) is 0.215. The summed E-state index contributed by atoms with van der Waals surface area (Å²) in [7, 11) is 0. The monoisotopic (exact) mass is 270 g/mol. The Kier molecular flexibility index (Phi) is 2.91. The van der Waals surface area contributed by atoms with Crippen molar-refractivity contribution < 1.29 is 14.3 Å². The van der Waals surface area contributed by atoms with Gasteiger partial charge in [-0.3, -0.25) is 4.79 Å². The summed E-state index contributed by atoms with van der Waals surface area (Å²) in [6, 6.07) is 12.7. The number of hydrogen-bond acceptors (Lipinski definition) is 4. The molecule has 0 saturated heterocycles. The predicted octanol–water partition coefficient (Wildman–Crippen LogP) is 2.24. The van der Waals surface area contributed by atoms with Gasteiger partial charge < -0.3 is 9.52 Å². The van der Waals surface area contributed by atoms with Gasteiger partial charge in [-0.05, 0) is 24.6 Å². The van der Waals surface area contributed by atoms with Crippen molar-refractivity contribution in [2.75, 3.05) is 0 Å². The van der Waals surface area contributed by atoms with Crippen LogP contribution in [0.3, 0.4) is 0 Å². The summed E-state index contributed by atoms with van der Waals surface area (Å²) in [4.78, 5) is 12.3. The second-order valence-corrected chi connectivity index (χ2v) is 4.90. The zero-order chi connectivity index (χ0) is 14.2. The third-order valence-corrected chi connectivity index (χ3v) is 3.21. The average Bonchev–Trinajstić information content (AvgIpc) is 3.06. The summed E-state index contributed by atoms with van der Waals surface area (Å²) in [5, 5.41) is 15.7. The SMILES string of the molecule is C[C@@]1(O)CC(c2ccccc2)=NN1C(=O)c1ccco1. The van der Waals surface area contributed by atoms with Crippen molar-refractivity contribution in [3.05, 3.63) is 60.1 Å². The summed E-state index contributed by atoms with van der Waals surface area (Å²) < 4.78 is 5.07. The Bertz CT molecular complexity index is 645. The summed E-state index contributed by atoms with van der Waals surface area (Å²) in [6.07, 6.45) is 1.70. The summed E-state index contributed by atoms with van der Waals surface area (Å²) in [5.74, 6) is -0.297. The molecule has 2 heterocycles. The van der Waals surface area contributed by atoms with Crippen LogP contribution in [0.1, 0.15) is 29.5 Å². The Morgan fingerprint density at radius 2 is 2.05 bits per heavy atom. The van der Waals surface area contributed by atoms with E-state index in [0.29, 0.717) is 5.71 Å². The Balaban J connectivity index is 1.94. The minimum absolute atomic E-state index is 0.156. The van der Waals surface area contributed by atoms with Crippen molar-refractivity contribution in [3.63, 3.8) is 0 Å². The molecule has 1 N–H and O–H groups in total. The maximum atomic E-state index is 12.3. The smallest absolute Gasteiger partial charge is 0.312 e. The highest BCUT2D eigenvalue weighted by Crippen LogP contribution is 2.29. The van der Waals surface area contributed by atoms with E-state index in [1.165, 1.54) is 6.26 Å². The molecule has 0 aliphatic carbocycles. The lowest BCUT2D eigenvalue weighted by Crippen LogP contribution is -2.43. The van der Waals surface area contributed by atoms with E-state index in [1.807, 2.05) is 30.3 Å². The summed E-state index contributed by atoms with van der Waals surface area (Å²) >= 11 is 0. The fourth-order valence-electron chi connectivity index (χ4n) is 2.22. The highest BCUT2D eigenvalue weighted by Gasteiger charge is 2.41. The van der Waals surface area contributed by atoms with Crippen LogP contribution in [0.25, 0.3) is 0 Å². The van der Waals surface area contributed by atoms with Gasteiger partial charge in [-0.25, -0.2) is 0 Å². The van der Waals surface area contributed by atoms with Crippen LogP contribution in [0, 0.1) is 0 Å². The number of hydrogen-bond donors (Lipinski definition) is 1. The quantitative estimate of drug-likeness (QED) is 0.910. The molecule has 2 aromatic rings. The first-order valence-corrected chi connectivity index (χ1v) is 6.31. The Hall–Kier alpha value is -2.40. The van der Waals surface area contributed by atoms with Crippen molar-refractivity contribution >= 4 is 11.6 Å². The lowest BCUT2D eigenvalue weighted by molar-refractivity contribution is -0.0565. The zero-order valence-corrected chi connectivity index (χ0v) is 11.0. The summed E-state index contributed by atoms with van der Waals surface area (Å²) in [6.45, 7) is 1.56. The van der Waals surface area contributed by atoms with Crippen LogP contribution < -0.4 is 0 Å². The molecule has 1 aliphatic heterocycles. The van der Waals surface area contributed by atoms with Crippen LogP contribution >= 0.6 is 0 Å². The van der Waals surface area contributed by atoms with E-state index in [0.717, 1.165) is 10.6 Å². The molecular weight excluding hydrogens is 256 g/mol. The largest absolute Gasteiger partial charge is 0.459 e. The maximum Gasteiger partial charge on any atom is 0.312 e. The molecule has 1 aromatic heterocycles. The number of aliphatic hydroxyl groups is 1. The second-order valence-electron chi connectivity index (χ2n) is 4.90. The van der Waals surface area contributed by atoms with Gasteiger partial charge in [0.2, 0.25) is 0 Å². The fourth-order valence-corrected chi connectivity index (χ4v) is 2.22. The van der Waals surface area contributed by atoms with Crippen molar-refractivity contribution in [2.45, 2.75) is 19.1 Å². The molecule has 3 rings (SSSR count). The first-order valence-electron chi connectivity index (χ1n) is 6.31. The van der Waals surface area contributed by atoms with Crippen LogP contribution in [0.4, 0.5) is 0 Å². The van der Waals surface area contributed by atoms with Gasteiger partial charge >= 0.3 is 5.91 Å². The molecule has 102 valence electrons. The number of nitrogens with zero attached hydrogens (tertiary/aromatic N) is 2. The van der Waals surface area contributed by atoms with Crippen LogP contribution in [0.2, 0.25) is 0 Å². The molecule has 1 aromatic carbocycles. The molecule has 5 heteroatoms. The zero-order valence-electron chi connectivity index (χ0n) is 11.0. The number of hydrazone groups is 1. The predicted molar refractivity (Wildman–Crippen MR) is 73.1 cm³/mol. The normalized spacial score (nSPS) is 21.9. The number of rotatable bonds is 2. The number of furan rings is 1. The van der Waals surface area contributed by atoms with E-state index in [2.05, 4.69) is 5.10 Å². The number of benzene rings is 1. The highest BCUT2D eigenvalue weighted by molar-refractivity contribution is 6.04. The van der Waals surface area contributed by atoms with Crippen LogP contribution in [-0.2, 0) is 0 Å². The molecule has 0 spiro atoms. The van der Waals surface area contributed by atoms with Gasteiger partial charge in [-0.15, -0.1) is 0 Å². The fraction of sp³-hybridized carbons (Fsp3) is 0.200. The van der Waals surface area contributed by atoms with Gasteiger partial charge in [0.1, 0.15) is 0 Å². The van der Waals surface area contributed by atoms with Crippen LogP contribution in [-0.4, -0.2) is 27.5 Å². The molecule has 0 radical (unpaired) electrons. The molecule has 0 fully saturated rings. The Morgan fingerprint density at radius 3 is 2.70 bits per heavy atom. The van der Waals surface area contributed by atoms with Gasteiger partial charge in [-0.1, -0.05) is 30.3 Å². The Morgan fingerprint density at radius 1 is 1.30 bits per heavy atom.